The van der Waals surface area contributed by atoms with Crippen LogP contribution in [-0.2, 0) is 11.3 Å². The van der Waals surface area contributed by atoms with Crippen molar-refractivity contribution in [3.05, 3.63) is 70.5 Å². The van der Waals surface area contributed by atoms with E-state index in [9.17, 15) is 4.79 Å². The molecule has 1 aliphatic rings. The van der Waals surface area contributed by atoms with E-state index in [1.54, 1.807) is 20.8 Å². The monoisotopic (exact) mass is 492 g/mol. The first kappa shape index (κ1) is 24.5. The molecule has 0 fully saturated rings. The predicted octanol–water partition coefficient (Wildman–Crippen LogP) is 5.98. The first-order valence-corrected chi connectivity index (χ1v) is 11.8. The van der Waals surface area contributed by atoms with E-state index in [1.165, 1.54) is 12.4 Å². The van der Waals surface area contributed by atoms with Gasteiger partial charge in [-0.15, -0.1) is 5.10 Å². The Hall–Kier alpha value is -3.65. The van der Waals surface area contributed by atoms with Crippen LogP contribution in [0.1, 0.15) is 50.1 Å². The topological polar surface area (TPSA) is 105 Å². The molecule has 1 aliphatic heterocycles. The van der Waals surface area contributed by atoms with Crippen molar-refractivity contribution < 1.29 is 9.53 Å². The highest BCUT2D eigenvalue weighted by Gasteiger charge is 2.26. The molecule has 4 rings (SSSR count). The number of aromatic nitrogens is 3. The van der Waals surface area contributed by atoms with Crippen LogP contribution in [0.4, 0.5) is 10.5 Å². The van der Waals surface area contributed by atoms with Crippen molar-refractivity contribution in [1.29, 1.82) is 5.41 Å². The lowest BCUT2D eigenvalue weighted by molar-refractivity contribution is 0.0552. The van der Waals surface area contributed by atoms with E-state index >= 15 is 0 Å². The van der Waals surface area contributed by atoms with Gasteiger partial charge in [-0.1, -0.05) is 28.9 Å². The van der Waals surface area contributed by atoms with Crippen LogP contribution < -0.4 is 10.6 Å². The number of benzene rings is 2. The van der Waals surface area contributed by atoms with Crippen LogP contribution in [0.25, 0.3) is 16.8 Å². The molecule has 8 nitrogen and oxygen atoms in total. The Balaban J connectivity index is 1.72. The second-order valence-electron chi connectivity index (χ2n) is 9.43. The lowest BCUT2D eigenvalue weighted by Gasteiger charge is -2.22. The second-order valence-corrected chi connectivity index (χ2v) is 9.87. The molecule has 35 heavy (non-hydrogen) atoms. The Morgan fingerprint density at radius 1 is 1.23 bits per heavy atom. The summed E-state index contributed by atoms with van der Waals surface area (Å²) < 4.78 is 7.24. The molecule has 1 aromatic heterocycles. The van der Waals surface area contributed by atoms with E-state index in [-0.39, 0.29) is 6.04 Å². The fraction of sp³-hybridized carbons (Fsp3) is 0.308. The number of fused-ring (bicyclic) bond motifs is 3. The van der Waals surface area contributed by atoms with Crippen LogP contribution in [0.3, 0.4) is 0 Å². The fourth-order valence-electron chi connectivity index (χ4n) is 4.09. The van der Waals surface area contributed by atoms with E-state index in [0.717, 1.165) is 40.2 Å². The molecule has 0 saturated carbocycles. The molecule has 9 heteroatoms. The number of alkyl carbamates (subject to hydrolysis) is 1. The van der Waals surface area contributed by atoms with Crippen molar-refractivity contribution in [2.75, 3.05) is 5.32 Å². The Morgan fingerprint density at radius 2 is 1.97 bits per heavy atom. The minimum absolute atomic E-state index is 0.0157. The van der Waals surface area contributed by atoms with Crippen LogP contribution in [0.5, 0.6) is 0 Å². The van der Waals surface area contributed by atoms with Gasteiger partial charge in [0, 0.05) is 40.8 Å². The number of allylic oxidation sites excluding steroid dienone is 1. The zero-order valence-electron chi connectivity index (χ0n) is 20.2. The van der Waals surface area contributed by atoms with Crippen LogP contribution in [0, 0.1) is 12.3 Å². The third-order valence-corrected chi connectivity index (χ3v) is 5.89. The summed E-state index contributed by atoms with van der Waals surface area (Å²) >= 11 is 6.07. The molecule has 0 saturated heterocycles. The number of ether oxygens (including phenoxy) is 1. The van der Waals surface area contributed by atoms with Gasteiger partial charge in [-0.3, -0.25) is 5.32 Å². The molecule has 0 bridgehead atoms. The molecule has 1 unspecified atom stereocenters. The van der Waals surface area contributed by atoms with Crippen LogP contribution in [-0.4, -0.2) is 32.9 Å². The molecular formula is C26H29ClN6O2. The van der Waals surface area contributed by atoms with Gasteiger partial charge in [-0.2, -0.15) is 0 Å². The maximum atomic E-state index is 12.1. The minimum atomic E-state index is -0.609. The second kappa shape index (κ2) is 9.92. The average Bonchev–Trinajstić information content (AvgIpc) is 3.09. The summed E-state index contributed by atoms with van der Waals surface area (Å²) in [6.07, 6.45) is 2.93. The molecule has 0 spiro atoms. The summed E-state index contributed by atoms with van der Waals surface area (Å²) in [5.41, 5.74) is 5.64. The highest BCUT2D eigenvalue weighted by atomic mass is 35.5. The molecular weight excluding hydrogens is 464 g/mol. The maximum Gasteiger partial charge on any atom is 0.411 e. The third-order valence-electron chi connectivity index (χ3n) is 5.63. The van der Waals surface area contributed by atoms with Crippen molar-refractivity contribution in [2.24, 2.45) is 0 Å². The lowest BCUT2D eigenvalue weighted by Crippen LogP contribution is -2.29. The van der Waals surface area contributed by atoms with Gasteiger partial charge >= 0.3 is 6.09 Å². The number of amides is 1. The zero-order chi connectivity index (χ0) is 25.2. The molecule has 0 radical (unpaired) electrons. The van der Waals surface area contributed by atoms with Gasteiger partial charge in [-0.05, 0) is 75.6 Å². The highest BCUT2D eigenvalue weighted by Crippen LogP contribution is 2.38. The normalized spacial score (nSPS) is 15.5. The van der Waals surface area contributed by atoms with Gasteiger partial charge in [0.2, 0.25) is 0 Å². The first-order chi connectivity index (χ1) is 16.6. The number of carbonyl (C=O) groups excluding carboxylic acids is 1. The highest BCUT2D eigenvalue weighted by molar-refractivity contribution is 6.30. The smallest absolute Gasteiger partial charge is 0.411 e. The molecule has 2 aromatic carbocycles. The molecule has 0 aliphatic carbocycles. The molecule has 182 valence electrons. The summed E-state index contributed by atoms with van der Waals surface area (Å²) in [6, 6.07) is 13.6. The van der Waals surface area contributed by atoms with Crippen molar-refractivity contribution >= 4 is 35.2 Å². The van der Waals surface area contributed by atoms with E-state index in [4.69, 9.17) is 21.7 Å². The van der Waals surface area contributed by atoms with Crippen LogP contribution in [0.15, 0.2) is 48.7 Å². The summed E-state index contributed by atoms with van der Waals surface area (Å²) in [4.78, 5) is 12.1. The number of hydrogen-bond acceptors (Lipinski definition) is 6. The summed E-state index contributed by atoms with van der Waals surface area (Å²) in [6.45, 7) is 8.07. The summed E-state index contributed by atoms with van der Waals surface area (Å²) in [5, 5.41) is 23.5. The Morgan fingerprint density at radius 3 is 2.66 bits per heavy atom. The van der Waals surface area contributed by atoms with Gasteiger partial charge < -0.3 is 15.5 Å². The van der Waals surface area contributed by atoms with E-state index in [1.807, 2.05) is 48.0 Å². The fourth-order valence-corrected chi connectivity index (χ4v) is 4.22. The number of nitrogens with zero attached hydrogens (tertiary/aromatic N) is 3. The maximum absolute atomic E-state index is 12.1. The number of nitrogens with one attached hydrogen (secondary N) is 3. The quantitative estimate of drug-likeness (QED) is 0.380. The van der Waals surface area contributed by atoms with E-state index in [0.29, 0.717) is 17.1 Å². The Bertz CT molecular complexity index is 1270. The summed E-state index contributed by atoms with van der Waals surface area (Å²) in [5.74, 6) is 0. The number of halogens is 1. The number of hydrogen-bond donors (Lipinski definition) is 3. The number of anilines is 1. The van der Waals surface area contributed by atoms with Crippen molar-refractivity contribution in [3.8, 4) is 11.3 Å². The Labute approximate surface area is 209 Å². The molecule has 3 N–H and O–H groups in total. The summed E-state index contributed by atoms with van der Waals surface area (Å²) in [7, 11) is 0. The molecule has 1 amide bonds. The number of rotatable bonds is 5. The van der Waals surface area contributed by atoms with Gasteiger partial charge in [0.25, 0.3) is 0 Å². The van der Waals surface area contributed by atoms with E-state index in [2.05, 4.69) is 27.0 Å². The zero-order valence-corrected chi connectivity index (χ0v) is 21.0. The predicted molar refractivity (Wildman–Crippen MR) is 139 cm³/mol. The minimum Gasteiger partial charge on any atom is -0.444 e. The number of aryl methyl sites for hydroxylation is 2. The Kier molecular flexibility index (Phi) is 6.93. The number of carbonyl (C=O) groups is 1. The third kappa shape index (κ3) is 5.71. The van der Waals surface area contributed by atoms with Gasteiger partial charge in [-0.25, -0.2) is 9.48 Å². The van der Waals surface area contributed by atoms with Crippen molar-refractivity contribution in [1.82, 2.24) is 20.3 Å². The lowest BCUT2D eigenvalue weighted by atomic mass is 9.92. The van der Waals surface area contributed by atoms with Crippen molar-refractivity contribution in [3.63, 3.8) is 0 Å². The first-order valence-electron chi connectivity index (χ1n) is 11.4. The molecule has 3 aromatic rings. The van der Waals surface area contributed by atoms with E-state index < -0.39 is 11.7 Å². The molecule has 1 atom stereocenters. The van der Waals surface area contributed by atoms with Crippen molar-refractivity contribution in [2.45, 2.75) is 52.3 Å². The van der Waals surface area contributed by atoms with Crippen LogP contribution >= 0.6 is 11.6 Å². The molecule has 2 heterocycles. The largest absolute Gasteiger partial charge is 0.444 e. The van der Waals surface area contributed by atoms with Gasteiger partial charge in [0.05, 0.1) is 17.4 Å². The van der Waals surface area contributed by atoms with Gasteiger partial charge in [0.1, 0.15) is 5.60 Å². The van der Waals surface area contributed by atoms with Crippen LogP contribution in [0.2, 0.25) is 5.02 Å². The average molecular weight is 493 g/mol. The van der Waals surface area contributed by atoms with Gasteiger partial charge in [0.15, 0.2) is 0 Å². The SMILES string of the molecule is Cc1nnn2c1-c1ccc(/C(C=N)=C/NC(=O)OC(C)(C)C)cc1C(Nc1ccc(Cl)cc1)CC2. The standard InChI is InChI=1S/C26H29ClN6O2/c1-16-24-21-10-5-17(18(14-28)15-29-25(34)35-26(2,3)4)13-22(21)23(11-12-33(24)32-31-16)30-20-8-6-19(27)7-9-20/h5-10,13-15,23,28,30H,11-12H2,1-4H3,(H,29,34)/b18-15+,28-14?.